The Morgan fingerprint density at radius 3 is 3.00 bits per heavy atom. The van der Waals surface area contributed by atoms with Gasteiger partial charge >= 0.3 is 5.97 Å². The summed E-state index contributed by atoms with van der Waals surface area (Å²) in [6, 6.07) is 5.98. The van der Waals surface area contributed by atoms with Gasteiger partial charge in [0.15, 0.2) is 0 Å². The molecule has 0 amide bonds. The van der Waals surface area contributed by atoms with Gasteiger partial charge in [-0.2, -0.15) is 0 Å². The molecule has 86 valence electrons. The number of fused-ring (bicyclic) bond motifs is 1. The molecule has 0 bridgehead atoms. The molecule has 0 saturated heterocycles. The molecule has 2 unspecified atom stereocenters. The highest BCUT2D eigenvalue weighted by Crippen LogP contribution is 2.38. The van der Waals surface area contributed by atoms with E-state index in [1.807, 2.05) is 32.0 Å². The van der Waals surface area contributed by atoms with Crippen LogP contribution >= 0.6 is 0 Å². The normalized spacial score (nSPS) is 23.4. The summed E-state index contributed by atoms with van der Waals surface area (Å²) in [6.45, 7) is 4.00. The minimum absolute atomic E-state index is 0.0804. The molecule has 2 rings (SSSR count). The Morgan fingerprint density at radius 1 is 1.56 bits per heavy atom. The molecular weight excluding hydrogens is 204 g/mol. The van der Waals surface area contributed by atoms with Gasteiger partial charge in [-0.3, -0.25) is 4.79 Å². The molecule has 1 aromatic rings. The monoisotopic (exact) mass is 220 g/mol. The summed E-state index contributed by atoms with van der Waals surface area (Å²) < 4.78 is 5.73. The van der Waals surface area contributed by atoms with E-state index in [-0.39, 0.29) is 18.4 Å². The third kappa shape index (κ3) is 2.18. The third-order valence-corrected chi connectivity index (χ3v) is 2.97. The number of hydrogen-bond donors (Lipinski definition) is 1. The molecule has 1 aliphatic heterocycles. The van der Waals surface area contributed by atoms with E-state index in [2.05, 4.69) is 0 Å². The zero-order valence-corrected chi connectivity index (χ0v) is 9.56. The molecule has 16 heavy (non-hydrogen) atoms. The fourth-order valence-electron chi connectivity index (χ4n) is 2.28. The van der Waals surface area contributed by atoms with Crippen LogP contribution in [0, 0.1) is 6.92 Å². The second-order valence-corrected chi connectivity index (χ2v) is 4.50. The van der Waals surface area contributed by atoms with E-state index in [1.54, 1.807) is 0 Å². The first-order valence-electron chi connectivity index (χ1n) is 5.55. The molecule has 3 heteroatoms. The van der Waals surface area contributed by atoms with Crippen molar-refractivity contribution in [3.05, 3.63) is 29.3 Å². The number of aryl methyl sites for hydroxylation is 1. The average molecular weight is 220 g/mol. The zero-order valence-electron chi connectivity index (χ0n) is 9.56. The molecule has 0 spiro atoms. The highest BCUT2D eigenvalue weighted by Gasteiger charge is 2.27. The SMILES string of the molecule is Cc1ccc2c(c1)OC(C)CC2CC(=O)O. The molecule has 0 aromatic heterocycles. The highest BCUT2D eigenvalue weighted by atomic mass is 16.5. The largest absolute Gasteiger partial charge is 0.490 e. The lowest BCUT2D eigenvalue weighted by molar-refractivity contribution is -0.137. The molecule has 1 aromatic carbocycles. The van der Waals surface area contributed by atoms with Crippen molar-refractivity contribution in [2.24, 2.45) is 0 Å². The maximum Gasteiger partial charge on any atom is 0.303 e. The predicted octanol–water partition coefficient (Wildman–Crippen LogP) is 2.72. The maximum absolute atomic E-state index is 10.8. The van der Waals surface area contributed by atoms with Crippen LogP contribution in [0.25, 0.3) is 0 Å². The minimum atomic E-state index is -0.745. The Bertz CT molecular complexity index is 412. The summed E-state index contributed by atoms with van der Waals surface area (Å²) >= 11 is 0. The Kier molecular flexibility index (Phi) is 2.86. The fraction of sp³-hybridized carbons (Fsp3) is 0.462. The van der Waals surface area contributed by atoms with Crippen LogP contribution in [0.2, 0.25) is 0 Å². The van der Waals surface area contributed by atoms with E-state index in [1.165, 1.54) is 0 Å². The van der Waals surface area contributed by atoms with Crippen molar-refractivity contribution in [2.45, 2.75) is 38.7 Å². The maximum atomic E-state index is 10.8. The molecule has 1 heterocycles. The number of carboxylic acids is 1. The van der Waals surface area contributed by atoms with Crippen LogP contribution in [-0.2, 0) is 4.79 Å². The molecule has 1 N–H and O–H groups in total. The topological polar surface area (TPSA) is 46.5 Å². The van der Waals surface area contributed by atoms with E-state index < -0.39 is 5.97 Å². The summed E-state index contributed by atoms with van der Waals surface area (Å²) in [5.74, 6) is 0.187. The van der Waals surface area contributed by atoms with Gasteiger partial charge in [-0.15, -0.1) is 0 Å². The Morgan fingerprint density at radius 2 is 2.31 bits per heavy atom. The lowest BCUT2D eigenvalue weighted by Gasteiger charge is -2.29. The number of carbonyl (C=O) groups is 1. The van der Waals surface area contributed by atoms with Gasteiger partial charge in [0.25, 0.3) is 0 Å². The van der Waals surface area contributed by atoms with Gasteiger partial charge < -0.3 is 9.84 Å². The quantitative estimate of drug-likeness (QED) is 0.833. The Labute approximate surface area is 95.0 Å². The van der Waals surface area contributed by atoms with E-state index in [0.29, 0.717) is 0 Å². The van der Waals surface area contributed by atoms with Crippen LogP contribution in [0.5, 0.6) is 5.75 Å². The van der Waals surface area contributed by atoms with Crippen molar-refractivity contribution in [1.29, 1.82) is 0 Å². The standard InChI is InChI=1S/C13H16O3/c1-8-3-4-11-10(7-13(14)15)6-9(2)16-12(11)5-8/h3-5,9-10H,6-7H2,1-2H3,(H,14,15). The number of hydrogen-bond acceptors (Lipinski definition) is 2. The van der Waals surface area contributed by atoms with Gasteiger partial charge in [0.05, 0.1) is 12.5 Å². The van der Waals surface area contributed by atoms with Crippen LogP contribution in [0.15, 0.2) is 18.2 Å². The minimum Gasteiger partial charge on any atom is -0.490 e. The van der Waals surface area contributed by atoms with Crippen molar-refractivity contribution in [2.75, 3.05) is 0 Å². The molecule has 0 fully saturated rings. The van der Waals surface area contributed by atoms with E-state index in [0.717, 1.165) is 23.3 Å². The Balaban J connectivity index is 2.34. The number of carboxylic acid groups (broad SMARTS) is 1. The van der Waals surface area contributed by atoms with Crippen molar-refractivity contribution >= 4 is 5.97 Å². The van der Waals surface area contributed by atoms with Gasteiger partial charge in [-0.05, 0) is 37.5 Å². The molecule has 0 radical (unpaired) electrons. The summed E-state index contributed by atoms with van der Waals surface area (Å²) in [4.78, 5) is 10.8. The number of rotatable bonds is 2. The van der Waals surface area contributed by atoms with Gasteiger partial charge in [0, 0.05) is 5.92 Å². The third-order valence-electron chi connectivity index (χ3n) is 2.97. The van der Waals surface area contributed by atoms with Crippen LogP contribution < -0.4 is 4.74 Å². The predicted molar refractivity (Wildman–Crippen MR) is 60.9 cm³/mol. The number of aliphatic carboxylic acids is 1. The fourth-order valence-corrected chi connectivity index (χ4v) is 2.28. The van der Waals surface area contributed by atoms with Crippen LogP contribution in [-0.4, -0.2) is 17.2 Å². The highest BCUT2D eigenvalue weighted by molar-refractivity contribution is 5.68. The van der Waals surface area contributed by atoms with E-state index in [9.17, 15) is 4.79 Å². The average Bonchev–Trinajstić information content (AvgIpc) is 2.15. The smallest absolute Gasteiger partial charge is 0.303 e. The van der Waals surface area contributed by atoms with Gasteiger partial charge in [-0.1, -0.05) is 12.1 Å². The van der Waals surface area contributed by atoms with Gasteiger partial charge in [-0.25, -0.2) is 0 Å². The molecule has 2 atom stereocenters. The summed E-state index contributed by atoms with van der Waals surface area (Å²) in [7, 11) is 0. The van der Waals surface area contributed by atoms with Gasteiger partial charge in [0.1, 0.15) is 5.75 Å². The first kappa shape index (κ1) is 11.0. The van der Waals surface area contributed by atoms with Crippen LogP contribution in [0.3, 0.4) is 0 Å². The van der Waals surface area contributed by atoms with Crippen LogP contribution in [0.4, 0.5) is 0 Å². The first-order valence-corrected chi connectivity index (χ1v) is 5.55. The number of benzene rings is 1. The summed E-state index contributed by atoms with van der Waals surface area (Å²) in [6.07, 6.45) is 1.06. The second-order valence-electron chi connectivity index (χ2n) is 4.50. The van der Waals surface area contributed by atoms with Crippen LogP contribution in [0.1, 0.15) is 36.8 Å². The molecule has 0 saturated carbocycles. The lowest BCUT2D eigenvalue weighted by atomic mass is 9.87. The van der Waals surface area contributed by atoms with Crippen molar-refractivity contribution < 1.29 is 14.6 Å². The van der Waals surface area contributed by atoms with Crippen molar-refractivity contribution in [3.63, 3.8) is 0 Å². The molecule has 3 nitrogen and oxygen atoms in total. The lowest BCUT2D eigenvalue weighted by Crippen LogP contribution is -2.24. The molecule has 1 aliphatic rings. The molecule has 0 aliphatic carbocycles. The summed E-state index contributed by atoms with van der Waals surface area (Å²) in [5.41, 5.74) is 2.17. The van der Waals surface area contributed by atoms with E-state index >= 15 is 0 Å². The van der Waals surface area contributed by atoms with Crippen molar-refractivity contribution in [1.82, 2.24) is 0 Å². The zero-order chi connectivity index (χ0) is 11.7. The first-order chi connectivity index (χ1) is 7.56. The number of ether oxygens (including phenoxy) is 1. The van der Waals surface area contributed by atoms with Gasteiger partial charge in [0.2, 0.25) is 0 Å². The van der Waals surface area contributed by atoms with E-state index in [4.69, 9.17) is 9.84 Å². The molecular formula is C13H16O3. The second kappa shape index (κ2) is 4.16. The Hall–Kier alpha value is -1.51. The van der Waals surface area contributed by atoms with Crippen molar-refractivity contribution in [3.8, 4) is 5.75 Å². The summed E-state index contributed by atoms with van der Waals surface area (Å²) in [5, 5.41) is 8.89.